The summed E-state index contributed by atoms with van der Waals surface area (Å²) in [7, 11) is 0. The highest BCUT2D eigenvalue weighted by molar-refractivity contribution is 6.45. The van der Waals surface area contributed by atoms with Crippen LogP contribution in [0, 0.1) is 5.41 Å². The standard InChI is InChI=1S/C8H10Cl2O2/c1-8(2)5(3-6(9)10)7(8)12-4-11/h3-4,6-7H,1-2H3. The van der Waals surface area contributed by atoms with E-state index in [1.165, 1.54) is 0 Å². The molecule has 1 fully saturated rings. The summed E-state index contributed by atoms with van der Waals surface area (Å²) in [5.41, 5.74) is 0.896. The molecule has 68 valence electrons. The van der Waals surface area contributed by atoms with Crippen LogP contribution in [-0.2, 0) is 9.53 Å². The summed E-state index contributed by atoms with van der Waals surface area (Å²) >= 11 is 11.1. The second-order valence-corrected chi connectivity index (χ2v) is 4.45. The van der Waals surface area contributed by atoms with Gasteiger partial charge in [0.2, 0.25) is 0 Å². The van der Waals surface area contributed by atoms with Gasteiger partial charge < -0.3 is 4.74 Å². The van der Waals surface area contributed by atoms with E-state index in [1.807, 2.05) is 13.8 Å². The lowest BCUT2D eigenvalue weighted by Crippen LogP contribution is -1.98. The minimum atomic E-state index is -0.528. The molecule has 0 bridgehead atoms. The minimum absolute atomic E-state index is 0.0943. The van der Waals surface area contributed by atoms with E-state index in [1.54, 1.807) is 6.08 Å². The molecule has 0 heterocycles. The largest absolute Gasteiger partial charge is 0.459 e. The Morgan fingerprint density at radius 3 is 2.58 bits per heavy atom. The molecule has 1 unspecified atom stereocenters. The highest BCUT2D eigenvalue weighted by Crippen LogP contribution is 2.53. The molecule has 0 spiro atoms. The van der Waals surface area contributed by atoms with Crippen LogP contribution in [0.15, 0.2) is 11.6 Å². The van der Waals surface area contributed by atoms with Crippen molar-refractivity contribution in [1.29, 1.82) is 0 Å². The Bertz CT molecular complexity index is 221. The fourth-order valence-corrected chi connectivity index (χ4v) is 1.55. The van der Waals surface area contributed by atoms with E-state index < -0.39 is 4.84 Å². The number of hydrogen-bond acceptors (Lipinski definition) is 2. The summed E-state index contributed by atoms with van der Waals surface area (Å²) in [4.78, 5) is 9.53. The SMILES string of the molecule is CC1(C)C(=CC(Cl)Cl)C1OC=O. The van der Waals surface area contributed by atoms with Crippen LogP contribution in [0.2, 0.25) is 0 Å². The number of alkyl halides is 2. The summed E-state index contributed by atoms with van der Waals surface area (Å²) in [5.74, 6) is 0. The van der Waals surface area contributed by atoms with Gasteiger partial charge in [-0.25, -0.2) is 0 Å². The number of halogens is 2. The Labute approximate surface area is 81.5 Å². The summed E-state index contributed by atoms with van der Waals surface area (Å²) in [6.45, 7) is 4.40. The molecule has 0 saturated heterocycles. The first-order valence-electron chi connectivity index (χ1n) is 3.59. The molecule has 1 rings (SSSR count). The fourth-order valence-electron chi connectivity index (χ4n) is 1.28. The first-order valence-corrected chi connectivity index (χ1v) is 4.47. The second kappa shape index (κ2) is 3.27. The van der Waals surface area contributed by atoms with Crippen LogP contribution in [0.25, 0.3) is 0 Å². The lowest BCUT2D eigenvalue weighted by atomic mass is 10.2. The molecule has 0 aromatic carbocycles. The lowest BCUT2D eigenvalue weighted by Gasteiger charge is -1.96. The molecule has 0 N–H and O–H groups in total. The Hall–Kier alpha value is -0.210. The van der Waals surface area contributed by atoms with E-state index in [-0.39, 0.29) is 11.5 Å². The molecule has 0 aromatic rings. The van der Waals surface area contributed by atoms with Crippen LogP contribution < -0.4 is 0 Å². The highest BCUT2D eigenvalue weighted by atomic mass is 35.5. The predicted molar refractivity (Wildman–Crippen MR) is 48.3 cm³/mol. The number of allylic oxidation sites excluding steroid dienone is 1. The number of hydrogen-bond donors (Lipinski definition) is 0. The average molecular weight is 209 g/mol. The van der Waals surface area contributed by atoms with Crippen molar-refractivity contribution in [2.45, 2.75) is 24.8 Å². The highest BCUT2D eigenvalue weighted by Gasteiger charge is 2.54. The van der Waals surface area contributed by atoms with Crippen molar-refractivity contribution in [1.82, 2.24) is 0 Å². The van der Waals surface area contributed by atoms with E-state index in [2.05, 4.69) is 0 Å². The number of carbonyl (C=O) groups excluding carboxylic acids is 1. The molecular formula is C8H10Cl2O2. The third-order valence-electron chi connectivity index (χ3n) is 2.10. The zero-order valence-electron chi connectivity index (χ0n) is 6.88. The van der Waals surface area contributed by atoms with Crippen LogP contribution in [0.3, 0.4) is 0 Å². The second-order valence-electron chi connectivity index (χ2n) is 3.29. The predicted octanol–water partition coefficient (Wildman–Crippen LogP) is 2.30. The third kappa shape index (κ3) is 1.75. The fraction of sp³-hybridized carbons (Fsp3) is 0.625. The van der Waals surface area contributed by atoms with Gasteiger partial charge in [-0.3, -0.25) is 4.79 Å². The lowest BCUT2D eigenvalue weighted by molar-refractivity contribution is -0.130. The Balaban J connectivity index is 2.65. The van der Waals surface area contributed by atoms with Crippen LogP contribution in [0.5, 0.6) is 0 Å². The van der Waals surface area contributed by atoms with Crippen molar-refractivity contribution < 1.29 is 9.53 Å². The van der Waals surface area contributed by atoms with Crippen LogP contribution in [0.1, 0.15) is 13.8 Å². The average Bonchev–Trinajstić information content (AvgIpc) is 2.39. The molecule has 1 atom stereocenters. The van der Waals surface area contributed by atoms with Gasteiger partial charge in [0, 0.05) is 5.41 Å². The van der Waals surface area contributed by atoms with E-state index in [9.17, 15) is 4.79 Å². The molecule has 1 aliphatic rings. The topological polar surface area (TPSA) is 26.3 Å². The van der Waals surface area contributed by atoms with E-state index in [0.29, 0.717) is 6.47 Å². The normalized spacial score (nSPS) is 29.1. The number of carbonyl (C=O) groups is 1. The van der Waals surface area contributed by atoms with Crippen molar-refractivity contribution in [2.75, 3.05) is 0 Å². The molecule has 2 nitrogen and oxygen atoms in total. The van der Waals surface area contributed by atoms with E-state index in [0.717, 1.165) is 5.57 Å². The molecule has 0 aliphatic heterocycles. The Morgan fingerprint density at radius 1 is 1.58 bits per heavy atom. The summed E-state index contributed by atoms with van der Waals surface area (Å²) in [6.07, 6.45) is 1.56. The molecule has 0 radical (unpaired) electrons. The van der Waals surface area contributed by atoms with Gasteiger partial charge in [-0.1, -0.05) is 13.8 Å². The van der Waals surface area contributed by atoms with Crippen molar-refractivity contribution in [3.05, 3.63) is 11.6 Å². The van der Waals surface area contributed by atoms with Gasteiger partial charge in [-0.2, -0.15) is 0 Å². The van der Waals surface area contributed by atoms with Gasteiger partial charge in [0.15, 0.2) is 0 Å². The zero-order valence-corrected chi connectivity index (χ0v) is 8.39. The van der Waals surface area contributed by atoms with Crippen LogP contribution in [0.4, 0.5) is 0 Å². The number of rotatable bonds is 3. The first kappa shape index (κ1) is 9.87. The smallest absolute Gasteiger partial charge is 0.293 e. The van der Waals surface area contributed by atoms with Gasteiger partial charge in [-0.15, -0.1) is 23.2 Å². The monoisotopic (exact) mass is 208 g/mol. The van der Waals surface area contributed by atoms with Crippen molar-refractivity contribution in [3.8, 4) is 0 Å². The summed E-state index contributed by atoms with van der Waals surface area (Å²) in [5, 5.41) is 0. The summed E-state index contributed by atoms with van der Waals surface area (Å²) < 4.78 is 4.82. The quantitative estimate of drug-likeness (QED) is 0.405. The van der Waals surface area contributed by atoms with Crippen molar-refractivity contribution >= 4 is 29.7 Å². The van der Waals surface area contributed by atoms with Crippen LogP contribution in [-0.4, -0.2) is 17.4 Å². The molecular weight excluding hydrogens is 199 g/mol. The van der Waals surface area contributed by atoms with Gasteiger partial charge >= 0.3 is 0 Å². The molecule has 0 amide bonds. The van der Waals surface area contributed by atoms with Crippen molar-refractivity contribution in [3.63, 3.8) is 0 Å². The zero-order chi connectivity index (χ0) is 9.35. The van der Waals surface area contributed by atoms with Gasteiger partial charge in [0.05, 0.1) is 0 Å². The van der Waals surface area contributed by atoms with E-state index in [4.69, 9.17) is 27.9 Å². The summed E-state index contributed by atoms with van der Waals surface area (Å²) in [6, 6.07) is 0. The van der Waals surface area contributed by atoms with Gasteiger partial charge in [0.1, 0.15) is 10.9 Å². The molecule has 4 heteroatoms. The van der Waals surface area contributed by atoms with Crippen LogP contribution >= 0.6 is 23.2 Å². The molecule has 1 saturated carbocycles. The molecule has 12 heavy (non-hydrogen) atoms. The number of ether oxygens (including phenoxy) is 1. The van der Waals surface area contributed by atoms with E-state index >= 15 is 0 Å². The first-order chi connectivity index (χ1) is 5.50. The maximum Gasteiger partial charge on any atom is 0.293 e. The maximum atomic E-state index is 10.1. The maximum absolute atomic E-state index is 10.1. The minimum Gasteiger partial charge on any atom is -0.459 e. The third-order valence-corrected chi connectivity index (χ3v) is 2.35. The molecule has 0 aromatic heterocycles. The Morgan fingerprint density at radius 2 is 2.17 bits per heavy atom. The van der Waals surface area contributed by atoms with Crippen molar-refractivity contribution in [2.24, 2.45) is 5.41 Å². The Kier molecular flexibility index (Phi) is 2.69. The van der Waals surface area contributed by atoms with Gasteiger partial charge in [0.25, 0.3) is 6.47 Å². The molecule has 1 aliphatic carbocycles. The van der Waals surface area contributed by atoms with Gasteiger partial charge in [-0.05, 0) is 11.6 Å².